The largest absolute Gasteiger partial charge is 0.457 e. The smallest absolute Gasteiger partial charge is 0.160 e. The van der Waals surface area contributed by atoms with Crippen LogP contribution in [0.15, 0.2) is 79.0 Å². The lowest BCUT2D eigenvalue weighted by atomic mass is 10.1. The molecule has 0 atom stereocenters. The number of aromatic nitrogens is 1. The minimum Gasteiger partial charge on any atom is -0.457 e. The lowest BCUT2D eigenvalue weighted by Gasteiger charge is -2.10. The van der Waals surface area contributed by atoms with Crippen LogP contribution in [0, 0.1) is 11.6 Å². The van der Waals surface area contributed by atoms with E-state index in [2.05, 4.69) is 10.3 Å². The molecule has 0 aliphatic rings. The van der Waals surface area contributed by atoms with Crippen LogP contribution < -0.4 is 15.8 Å². The first-order valence-electron chi connectivity index (χ1n) is 9.00. The van der Waals surface area contributed by atoms with Crippen molar-refractivity contribution in [3.05, 3.63) is 101 Å². The minimum absolute atomic E-state index is 0.336. The molecular weight excluding hydrogens is 408 g/mol. The molecule has 0 aliphatic carbocycles. The second-order valence-corrected chi connectivity index (χ2v) is 6.89. The molecule has 0 spiro atoms. The summed E-state index contributed by atoms with van der Waals surface area (Å²) < 4.78 is 32.3. The van der Waals surface area contributed by atoms with Gasteiger partial charge >= 0.3 is 0 Å². The molecule has 4 nitrogen and oxygen atoms in total. The zero-order valence-electron chi connectivity index (χ0n) is 15.6. The average Bonchev–Trinajstić information content (AvgIpc) is 2.74. The molecule has 3 N–H and O–H groups in total. The van der Waals surface area contributed by atoms with Crippen molar-refractivity contribution in [1.82, 2.24) is 4.98 Å². The fourth-order valence-electron chi connectivity index (χ4n) is 2.85. The molecule has 0 fully saturated rings. The van der Waals surface area contributed by atoms with Crippen LogP contribution in [0.25, 0.3) is 16.6 Å². The molecule has 30 heavy (non-hydrogen) atoms. The van der Waals surface area contributed by atoms with E-state index in [9.17, 15) is 8.78 Å². The molecule has 150 valence electrons. The minimum atomic E-state index is -0.942. The van der Waals surface area contributed by atoms with Crippen molar-refractivity contribution in [1.29, 1.82) is 0 Å². The molecule has 1 aromatic heterocycles. The van der Waals surface area contributed by atoms with Crippen molar-refractivity contribution in [3.8, 4) is 11.5 Å². The molecule has 7 heteroatoms. The van der Waals surface area contributed by atoms with Crippen LogP contribution in [0.5, 0.6) is 11.5 Å². The van der Waals surface area contributed by atoms with Crippen LogP contribution in [0.4, 0.5) is 14.5 Å². The molecule has 0 bridgehead atoms. The number of hydrogen-bond acceptors (Lipinski definition) is 4. The van der Waals surface area contributed by atoms with Gasteiger partial charge in [0.25, 0.3) is 0 Å². The van der Waals surface area contributed by atoms with Gasteiger partial charge in [-0.3, -0.25) is 0 Å². The predicted molar refractivity (Wildman–Crippen MR) is 115 cm³/mol. The number of anilines is 1. The van der Waals surface area contributed by atoms with E-state index in [0.717, 1.165) is 17.5 Å². The quantitative estimate of drug-likeness (QED) is 0.394. The number of hydrogen-bond donors (Lipinski definition) is 2. The van der Waals surface area contributed by atoms with Crippen molar-refractivity contribution in [2.24, 2.45) is 5.73 Å². The van der Waals surface area contributed by atoms with Gasteiger partial charge in [0.2, 0.25) is 0 Å². The fraction of sp³-hybridized carbons (Fsp3) is 0. The third kappa shape index (κ3) is 4.34. The summed E-state index contributed by atoms with van der Waals surface area (Å²) in [6.45, 7) is 0. The second kappa shape index (κ2) is 8.39. The predicted octanol–water partition coefficient (Wildman–Crippen LogP) is 6.33. The standard InChI is InChI=1S/C23H16ClF2N3O/c24-14-3-1-4-16(11-14)30-23-6-2-5-21-17(23)8-10-22(29-21)20(27)13-28-15-7-9-18(25)19(26)12-15/h1-13,28H,27H2/b20-13-. The molecule has 3 aromatic carbocycles. The zero-order chi connectivity index (χ0) is 21.1. The van der Waals surface area contributed by atoms with Crippen LogP contribution in [0.2, 0.25) is 5.02 Å². The Morgan fingerprint density at radius 2 is 1.80 bits per heavy atom. The second-order valence-electron chi connectivity index (χ2n) is 6.45. The molecule has 0 aliphatic heterocycles. The Balaban J connectivity index is 1.59. The van der Waals surface area contributed by atoms with Crippen LogP contribution in [-0.4, -0.2) is 4.98 Å². The number of ether oxygens (including phenoxy) is 1. The lowest BCUT2D eigenvalue weighted by molar-refractivity contribution is 0.488. The summed E-state index contributed by atoms with van der Waals surface area (Å²) >= 11 is 6.02. The SMILES string of the molecule is N/C(=C\Nc1ccc(F)c(F)c1)c1ccc2c(Oc3cccc(Cl)c3)cccc2n1. The third-order valence-electron chi connectivity index (χ3n) is 4.33. The topological polar surface area (TPSA) is 60.2 Å². The Hall–Kier alpha value is -3.64. The Bertz CT molecular complexity index is 1260. The summed E-state index contributed by atoms with van der Waals surface area (Å²) in [7, 11) is 0. The number of halogens is 3. The van der Waals surface area contributed by atoms with E-state index < -0.39 is 11.6 Å². The highest BCUT2D eigenvalue weighted by Gasteiger charge is 2.08. The normalized spacial score (nSPS) is 11.5. The third-order valence-corrected chi connectivity index (χ3v) is 4.56. The van der Waals surface area contributed by atoms with E-state index in [-0.39, 0.29) is 0 Å². The van der Waals surface area contributed by atoms with Crippen molar-refractivity contribution >= 4 is 33.9 Å². The van der Waals surface area contributed by atoms with Crippen LogP contribution in [0.1, 0.15) is 5.69 Å². The Morgan fingerprint density at radius 3 is 2.60 bits per heavy atom. The van der Waals surface area contributed by atoms with Crippen LogP contribution in [-0.2, 0) is 0 Å². The average molecular weight is 424 g/mol. The van der Waals surface area contributed by atoms with Gasteiger partial charge in [-0.1, -0.05) is 23.7 Å². The molecule has 4 aromatic rings. The molecule has 0 amide bonds. The number of nitrogens with zero attached hydrogens (tertiary/aromatic N) is 1. The van der Waals surface area contributed by atoms with Gasteiger partial charge in [-0.25, -0.2) is 13.8 Å². The number of fused-ring (bicyclic) bond motifs is 1. The lowest BCUT2D eigenvalue weighted by Crippen LogP contribution is -2.03. The highest BCUT2D eigenvalue weighted by molar-refractivity contribution is 6.30. The molecule has 1 heterocycles. The van der Waals surface area contributed by atoms with Gasteiger partial charge < -0.3 is 15.8 Å². The number of nitrogens with two attached hydrogens (primary N) is 1. The maximum Gasteiger partial charge on any atom is 0.160 e. The van der Waals surface area contributed by atoms with Gasteiger partial charge in [0.05, 0.1) is 16.9 Å². The molecule has 0 saturated carbocycles. The van der Waals surface area contributed by atoms with E-state index in [1.807, 2.05) is 36.4 Å². The molecule has 0 saturated heterocycles. The summed E-state index contributed by atoms with van der Waals surface area (Å²) in [5, 5.41) is 4.23. The van der Waals surface area contributed by atoms with E-state index in [1.165, 1.54) is 12.3 Å². The van der Waals surface area contributed by atoms with Gasteiger partial charge in [0.15, 0.2) is 11.6 Å². The monoisotopic (exact) mass is 423 g/mol. The van der Waals surface area contributed by atoms with Crippen LogP contribution >= 0.6 is 11.6 Å². The van der Waals surface area contributed by atoms with Crippen molar-refractivity contribution in [2.75, 3.05) is 5.32 Å². The summed E-state index contributed by atoms with van der Waals surface area (Å²) in [4.78, 5) is 4.57. The van der Waals surface area contributed by atoms with Gasteiger partial charge in [-0.2, -0.15) is 0 Å². The molecular formula is C23H16ClF2N3O. The summed E-state index contributed by atoms with van der Waals surface area (Å²) in [6.07, 6.45) is 1.48. The Labute approximate surface area is 176 Å². The maximum absolute atomic E-state index is 13.3. The first-order valence-corrected chi connectivity index (χ1v) is 9.38. The first kappa shape index (κ1) is 19.7. The van der Waals surface area contributed by atoms with E-state index >= 15 is 0 Å². The molecule has 4 rings (SSSR count). The highest BCUT2D eigenvalue weighted by atomic mass is 35.5. The summed E-state index contributed by atoms with van der Waals surface area (Å²) in [5.41, 5.74) is 8.02. The van der Waals surface area contributed by atoms with Gasteiger partial charge in [0, 0.05) is 28.4 Å². The van der Waals surface area contributed by atoms with Crippen LogP contribution in [0.3, 0.4) is 0 Å². The summed E-state index contributed by atoms with van der Waals surface area (Å²) in [6, 6.07) is 19.8. The number of nitrogens with one attached hydrogen (secondary N) is 1. The Morgan fingerprint density at radius 1 is 0.967 bits per heavy atom. The Kier molecular flexibility index (Phi) is 5.50. The van der Waals surface area contributed by atoms with E-state index in [0.29, 0.717) is 39.1 Å². The summed E-state index contributed by atoms with van der Waals surface area (Å²) in [5.74, 6) is -0.599. The number of benzene rings is 3. The van der Waals surface area contributed by atoms with E-state index in [1.54, 1.807) is 18.2 Å². The van der Waals surface area contributed by atoms with Crippen molar-refractivity contribution in [2.45, 2.75) is 0 Å². The fourth-order valence-corrected chi connectivity index (χ4v) is 3.04. The first-order chi connectivity index (χ1) is 14.5. The van der Waals surface area contributed by atoms with Gasteiger partial charge in [0.1, 0.15) is 11.5 Å². The van der Waals surface area contributed by atoms with Crippen molar-refractivity contribution < 1.29 is 13.5 Å². The highest BCUT2D eigenvalue weighted by Crippen LogP contribution is 2.30. The maximum atomic E-state index is 13.3. The van der Waals surface area contributed by atoms with Gasteiger partial charge in [-0.15, -0.1) is 0 Å². The number of rotatable bonds is 5. The van der Waals surface area contributed by atoms with Gasteiger partial charge in [-0.05, 0) is 54.6 Å². The van der Waals surface area contributed by atoms with Crippen molar-refractivity contribution in [3.63, 3.8) is 0 Å². The molecule has 0 radical (unpaired) electrons. The zero-order valence-corrected chi connectivity index (χ0v) is 16.3. The number of pyridine rings is 1. The molecule has 0 unspecified atom stereocenters. The van der Waals surface area contributed by atoms with E-state index in [4.69, 9.17) is 22.1 Å².